The highest BCUT2D eigenvalue weighted by Gasteiger charge is 1.99. The van der Waals surface area contributed by atoms with E-state index in [0.717, 1.165) is 19.5 Å². The average Bonchev–Trinajstić information content (AvgIpc) is 2.16. The van der Waals surface area contributed by atoms with Crippen molar-refractivity contribution in [2.75, 3.05) is 33.7 Å². The number of hydrogen-bond acceptors (Lipinski definition) is 2. The molecule has 4 nitrogen and oxygen atoms in total. The first kappa shape index (κ1) is 12.8. The van der Waals surface area contributed by atoms with Gasteiger partial charge in [0.15, 0.2) is 0 Å². The van der Waals surface area contributed by atoms with Crippen LogP contribution >= 0.6 is 0 Å². The molecule has 0 radical (unpaired) electrons. The fraction of sp³-hybridized carbons (Fsp3) is 0.700. The van der Waals surface area contributed by atoms with Crippen molar-refractivity contribution in [1.29, 1.82) is 0 Å². The highest BCUT2D eigenvalue weighted by atomic mass is 16.2. The third-order valence-corrected chi connectivity index (χ3v) is 1.59. The van der Waals surface area contributed by atoms with E-state index in [1.165, 1.54) is 4.90 Å². The van der Waals surface area contributed by atoms with Gasteiger partial charge in [0.05, 0.1) is 0 Å². The molecule has 0 bridgehead atoms. The lowest BCUT2D eigenvalue weighted by Crippen LogP contribution is -2.38. The van der Waals surface area contributed by atoms with Gasteiger partial charge < -0.3 is 15.5 Å². The number of amides is 2. The van der Waals surface area contributed by atoms with Crippen LogP contribution in [-0.2, 0) is 0 Å². The number of nitrogens with one attached hydrogen (secondary N) is 2. The molecule has 0 spiro atoms. The second-order valence-corrected chi connectivity index (χ2v) is 3.05. The van der Waals surface area contributed by atoms with Crippen LogP contribution in [0.1, 0.15) is 13.3 Å². The van der Waals surface area contributed by atoms with E-state index in [0.29, 0.717) is 6.54 Å². The van der Waals surface area contributed by atoms with Gasteiger partial charge in [-0.15, -0.1) is 11.8 Å². The highest BCUT2D eigenvalue weighted by Crippen LogP contribution is 1.75. The van der Waals surface area contributed by atoms with Crippen LogP contribution < -0.4 is 10.6 Å². The first-order valence-corrected chi connectivity index (χ1v) is 4.74. The first-order valence-electron chi connectivity index (χ1n) is 4.74. The van der Waals surface area contributed by atoms with E-state index in [9.17, 15) is 4.79 Å². The minimum atomic E-state index is -0.0554. The number of nitrogens with zero attached hydrogens (tertiary/aromatic N) is 1. The van der Waals surface area contributed by atoms with Gasteiger partial charge in [0.2, 0.25) is 0 Å². The molecule has 0 rings (SSSR count). The molecule has 0 aromatic rings. The molecule has 2 N–H and O–H groups in total. The van der Waals surface area contributed by atoms with Crippen molar-refractivity contribution >= 4 is 6.03 Å². The fourth-order valence-corrected chi connectivity index (χ4v) is 0.817. The van der Waals surface area contributed by atoms with Gasteiger partial charge in [-0.05, 0) is 6.92 Å². The summed E-state index contributed by atoms with van der Waals surface area (Å²) in [5.41, 5.74) is 0. The van der Waals surface area contributed by atoms with Crippen LogP contribution in [0.15, 0.2) is 0 Å². The minimum Gasteiger partial charge on any atom is -0.337 e. The Morgan fingerprint density at radius 2 is 2.00 bits per heavy atom. The van der Waals surface area contributed by atoms with Crippen LogP contribution in [0, 0.1) is 11.8 Å². The average molecular weight is 197 g/mol. The summed E-state index contributed by atoms with van der Waals surface area (Å²) in [6.45, 7) is 4.14. The second-order valence-electron chi connectivity index (χ2n) is 3.05. The Morgan fingerprint density at radius 1 is 1.29 bits per heavy atom. The van der Waals surface area contributed by atoms with E-state index in [1.807, 2.05) is 6.92 Å². The molecule has 0 saturated carbocycles. The van der Waals surface area contributed by atoms with Crippen LogP contribution in [0.2, 0.25) is 0 Å². The number of hydrogen-bond donors (Lipinski definition) is 2. The van der Waals surface area contributed by atoms with Gasteiger partial charge in [0.25, 0.3) is 0 Å². The Bertz CT molecular complexity index is 215. The Hall–Kier alpha value is -1.21. The van der Waals surface area contributed by atoms with Gasteiger partial charge in [-0.1, -0.05) is 0 Å². The molecular weight excluding hydrogens is 178 g/mol. The minimum absolute atomic E-state index is 0.0554. The van der Waals surface area contributed by atoms with Crippen molar-refractivity contribution in [1.82, 2.24) is 15.5 Å². The predicted octanol–water partition coefficient (Wildman–Crippen LogP) is 0.261. The molecule has 0 aromatic carbocycles. The maximum absolute atomic E-state index is 11.0. The molecule has 0 unspecified atom stereocenters. The third-order valence-electron chi connectivity index (χ3n) is 1.59. The Balaban J connectivity index is 3.20. The summed E-state index contributed by atoms with van der Waals surface area (Å²) in [5.74, 6) is 5.78. The predicted molar refractivity (Wildman–Crippen MR) is 58.0 cm³/mol. The van der Waals surface area contributed by atoms with Crippen molar-refractivity contribution in [3.63, 3.8) is 0 Å². The number of carbonyl (C=O) groups is 1. The SMILES string of the molecule is CC#CCCNCCNC(=O)N(C)C. The number of urea groups is 1. The lowest BCUT2D eigenvalue weighted by atomic mass is 10.4. The van der Waals surface area contributed by atoms with Crippen molar-refractivity contribution < 1.29 is 4.79 Å². The lowest BCUT2D eigenvalue weighted by Gasteiger charge is -2.11. The van der Waals surface area contributed by atoms with Crippen LogP contribution in [0.4, 0.5) is 4.79 Å². The summed E-state index contributed by atoms with van der Waals surface area (Å²) >= 11 is 0. The zero-order valence-electron chi connectivity index (χ0n) is 9.18. The topological polar surface area (TPSA) is 44.4 Å². The maximum atomic E-state index is 11.0. The number of rotatable bonds is 5. The largest absolute Gasteiger partial charge is 0.337 e. The fourth-order valence-electron chi connectivity index (χ4n) is 0.817. The van der Waals surface area contributed by atoms with E-state index in [2.05, 4.69) is 22.5 Å². The van der Waals surface area contributed by atoms with E-state index in [-0.39, 0.29) is 6.03 Å². The highest BCUT2D eigenvalue weighted by molar-refractivity contribution is 5.73. The lowest BCUT2D eigenvalue weighted by molar-refractivity contribution is 0.217. The monoisotopic (exact) mass is 197 g/mol. The Kier molecular flexibility index (Phi) is 7.67. The normalized spacial score (nSPS) is 8.79. The molecule has 0 aliphatic heterocycles. The van der Waals surface area contributed by atoms with Gasteiger partial charge in [0.1, 0.15) is 0 Å². The van der Waals surface area contributed by atoms with E-state index in [1.54, 1.807) is 14.1 Å². The molecule has 0 aliphatic rings. The van der Waals surface area contributed by atoms with Gasteiger partial charge in [0, 0.05) is 40.2 Å². The smallest absolute Gasteiger partial charge is 0.316 e. The van der Waals surface area contributed by atoms with Crippen LogP contribution in [0.5, 0.6) is 0 Å². The van der Waals surface area contributed by atoms with Crippen LogP contribution in [0.25, 0.3) is 0 Å². The molecule has 0 heterocycles. The summed E-state index contributed by atoms with van der Waals surface area (Å²) < 4.78 is 0. The quantitative estimate of drug-likeness (QED) is 0.490. The molecular formula is C10H19N3O. The van der Waals surface area contributed by atoms with Gasteiger partial charge in [-0.3, -0.25) is 0 Å². The van der Waals surface area contributed by atoms with Gasteiger partial charge in [-0.2, -0.15) is 0 Å². The summed E-state index contributed by atoms with van der Waals surface area (Å²) in [4.78, 5) is 12.6. The summed E-state index contributed by atoms with van der Waals surface area (Å²) in [5, 5.41) is 5.94. The molecule has 14 heavy (non-hydrogen) atoms. The van der Waals surface area contributed by atoms with Crippen molar-refractivity contribution in [2.45, 2.75) is 13.3 Å². The zero-order valence-corrected chi connectivity index (χ0v) is 9.18. The van der Waals surface area contributed by atoms with Gasteiger partial charge >= 0.3 is 6.03 Å². The first-order chi connectivity index (χ1) is 6.68. The van der Waals surface area contributed by atoms with Gasteiger partial charge in [-0.25, -0.2) is 4.79 Å². The Morgan fingerprint density at radius 3 is 2.57 bits per heavy atom. The van der Waals surface area contributed by atoms with Crippen molar-refractivity contribution in [3.8, 4) is 11.8 Å². The Labute approximate surface area is 86.0 Å². The standard InChI is InChI=1S/C10H19N3O/c1-4-5-6-7-11-8-9-12-10(14)13(2)3/h11H,6-9H2,1-3H3,(H,12,14). The molecule has 0 aliphatic carbocycles. The molecule has 2 amide bonds. The van der Waals surface area contributed by atoms with Crippen molar-refractivity contribution in [2.24, 2.45) is 0 Å². The summed E-state index contributed by atoms with van der Waals surface area (Å²) in [6.07, 6.45) is 0.859. The molecule has 4 heteroatoms. The second kappa shape index (κ2) is 8.39. The van der Waals surface area contributed by atoms with E-state index in [4.69, 9.17) is 0 Å². The zero-order chi connectivity index (χ0) is 10.8. The molecule has 80 valence electrons. The molecule has 0 atom stereocenters. The molecule has 0 fully saturated rings. The van der Waals surface area contributed by atoms with E-state index < -0.39 is 0 Å². The van der Waals surface area contributed by atoms with E-state index >= 15 is 0 Å². The number of carbonyl (C=O) groups excluding carboxylic acids is 1. The molecule has 0 saturated heterocycles. The third kappa shape index (κ3) is 7.44. The molecule has 0 aromatic heterocycles. The van der Waals surface area contributed by atoms with Crippen LogP contribution in [-0.4, -0.2) is 44.7 Å². The maximum Gasteiger partial charge on any atom is 0.316 e. The summed E-state index contributed by atoms with van der Waals surface area (Å²) in [6, 6.07) is -0.0554. The van der Waals surface area contributed by atoms with Crippen LogP contribution in [0.3, 0.4) is 0 Å². The van der Waals surface area contributed by atoms with Crippen molar-refractivity contribution in [3.05, 3.63) is 0 Å². The summed E-state index contributed by atoms with van der Waals surface area (Å²) in [7, 11) is 3.44.